The van der Waals surface area contributed by atoms with Crippen molar-refractivity contribution < 1.29 is 4.74 Å². The van der Waals surface area contributed by atoms with Crippen molar-refractivity contribution in [1.29, 1.82) is 5.26 Å². The lowest BCUT2D eigenvalue weighted by molar-refractivity contribution is -0.0140. The number of hydrogen-bond acceptors (Lipinski definition) is 3. The van der Waals surface area contributed by atoms with Gasteiger partial charge in [-0.15, -0.1) is 0 Å². The maximum atomic E-state index is 8.41. The van der Waals surface area contributed by atoms with E-state index in [1.807, 2.05) is 6.92 Å². The van der Waals surface area contributed by atoms with Crippen LogP contribution in [0.4, 0.5) is 0 Å². The topological polar surface area (TPSA) is 36.3 Å². The zero-order valence-electron chi connectivity index (χ0n) is 6.21. The fraction of sp³-hybridized carbons (Fsp3) is 0.857. The quantitative estimate of drug-likeness (QED) is 0.570. The van der Waals surface area contributed by atoms with Gasteiger partial charge in [0.05, 0.1) is 18.7 Å². The fourth-order valence-electron chi connectivity index (χ4n) is 0.977. The van der Waals surface area contributed by atoms with Gasteiger partial charge in [0.1, 0.15) is 0 Å². The van der Waals surface area contributed by atoms with E-state index in [4.69, 9.17) is 10.00 Å². The summed E-state index contributed by atoms with van der Waals surface area (Å²) in [6.07, 6.45) is 0. The molecule has 1 fully saturated rings. The molecule has 3 heteroatoms. The predicted octanol–water partition coefficient (Wildman–Crippen LogP) is 0.436. The summed E-state index contributed by atoms with van der Waals surface area (Å²) >= 11 is 0. The van der Waals surface area contributed by atoms with E-state index < -0.39 is 0 Å². The summed E-state index contributed by atoms with van der Waals surface area (Å²) in [5, 5.41) is 8.41. The van der Waals surface area contributed by atoms with Gasteiger partial charge in [-0.25, -0.2) is 0 Å². The summed E-state index contributed by atoms with van der Waals surface area (Å²) in [4.78, 5) is 2.12. The van der Waals surface area contributed by atoms with E-state index >= 15 is 0 Å². The smallest absolute Gasteiger partial charge is 0.0990 e. The first kappa shape index (κ1) is 7.52. The molecular weight excluding hydrogens is 128 g/mol. The third-order valence-corrected chi connectivity index (χ3v) is 1.62. The second-order valence-corrected chi connectivity index (χ2v) is 2.48. The van der Waals surface area contributed by atoms with Crippen molar-refractivity contribution in [1.82, 2.24) is 4.90 Å². The zero-order chi connectivity index (χ0) is 7.40. The molecule has 0 N–H and O–H groups in total. The molecule has 0 unspecified atom stereocenters. The number of nitriles is 1. The highest BCUT2D eigenvalue weighted by atomic mass is 16.5. The normalized spacial score (nSPS) is 20.0. The SMILES string of the molecule is CCOCN1CC(C#N)C1. The average molecular weight is 140 g/mol. The molecule has 0 amide bonds. The van der Waals surface area contributed by atoms with Crippen LogP contribution in [0.3, 0.4) is 0 Å². The maximum absolute atomic E-state index is 8.41. The van der Waals surface area contributed by atoms with Crippen molar-refractivity contribution in [2.75, 3.05) is 26.4 Å². The van der Waals surface area contributed by atoms with E-state index in [2.05, 4.69) is 11.0 Å². The molecule has 3 nitrogen and oxygen atoms in total. The van der Waals surface area contributed by atoms with E-state index in [-0.39, 0.29) is 5.92 Å². The lowest BCUT2D eigenvalue weighted by Gasteiger charge is -2.34. The van der Waals surface area contributed by atoms with Gasteiger partial charge < -0.3 is 4.74 Å². The highest BCUT2D eigenvalue weighted by Gasteiger charge is 2.25. The minimum absolute atomic E-state index is 0.250. The summed E-state index contributed by atoms with van der Waals surface area (Å²) in [5.74, 6) is 0.250. The van der Waals surface area contributed by atoms with Crippen LogP contribution in [0, 0.1) is 17.2 Å². The molecule has 1 rings (SSSR count). The number of nitrogens with zero attached hydrogens (tertiary/aromatic N) is 2. The summed E-state index contributed by atoms with van der Waals surface area (Å²) < 4.78 is 5.15. The molecule has 0 saturated carbocycles. The van der Waals surface area contributed by atoms with Gasteiger partial charge in [0.2, 0.25) is 0 Å². The largest absolute Gasteiger partial charge is 0.366 e. The average Bonchev–Trinajstić information content (AvgIpc) is 1.86. The minimum atomic E-state index is 0.250. The van der Waals surface area contributed by atoms with Crippen LogP contribution in [0.5, 0.6) is 0 Å². The number of likely N-dealkylation sites (tertiary alicyclic amines) is 1. The summed E-state index contributed by atoms with van der Waals surface area (Å²) in [6.45, 7) is 5.19. The predicted molar refractivity (Wildman–Crippen MR) is 37.2 cm³/mol. The first-order valence-electron chi connectivity index (χ1n) is 3.56. The van der Waals surface area contributed by atoms with Gasteiger partial charge in [-0.2, -0.15) is 5.26 Å². The number of rotatable bonds is 3. The van der Waals surface area contributed by atoms with Crippen LogP contribution < -0.4 is 0 Å². The third kappa shape index (κ3) is 1.69. The van der Waals surface area contributed by atoms with Crippen LogP contribution in [-0.2, 0) is 4.74 Å². The summed E-state index contributed by atoms with van der Waals surface area (Å²) in [6, 6.07) is 2.21. The number of hydrogen-bond donors (Lipinski definition) is 0. The highest BCUT2D eigenvalue weighted by Crippen LogP contribution is 2.12. The minimum Gasteiger partial charge on any atom is -0.366 e. The van der Waals surface area contributed by atoms with Crippen LogP contribution >= 0.6 is 0 Å². The van der Waals surface area contributed by atoms with E-state index in [0.717, 1.165) is 19.7 Å². The molecule has 1 aliphatic heterocycles. The van der Waals surface area contributed by atoms with Gasteiger partial charge >= 0.3 is 0 Å². The van der Waals surface area contributed by atoms with Gasteiger partial charge in [-0.1, -0.05) is 0 Å². The van der Waals surface area contributed by atoms with Crippen molar-refractivity contribution in [3.63, 3.8) is 0 Å². The van der Waals surface area contributed by atoms with Crippen LogP contribution in [0.2, 0.25) is 0 Å². The highest BCUT2D eigenvalue weighted by molar-refractivity contribution is 4.93. The molecule has 0 radical (unpaired) electrons. The summed E-state index contributed by atoms with van der Waals surface area (Å²) in [7, 11) is 0. The van der Waals surface area contributed by atoms with E-state index in [1.165, 1.54) is 0 Å². The van der Waals surface area contributed by atoms with Crippen LogP contribution in [0.15, 0.2) is 0 Å². The Morgan fingerprint density at radius 2 is 2.40 bits per heavy atom. The van der Waals surface area contributed by atoms with Crippen LogP contribution in [-0.4, -0.2) is 31.3 Å². The first-order valence-corrected chi connectivity index (χ1v) is 3.56. The Kier molecular flexibility index (Phi) is 2.67. The van der Waals surface area contributed by atoms with Crippen molar-refractivity contribution in [2.45, 2.75) is 6.92 Å². The van der Waals surface area contributed by atoms with Gasteiger partial charge in [-0.3, -0.25) is 4.90 Å². The van der Waals surface area contributed by atoms with E-state index in [0.29, 0.717) is 6.73 Å². The Labute approximate surface area is 61.2 Å². The monoisotopic (exact) mass is 140 g/mol. The third-order valence-electron chi connectivity index (χ3n) is 1.62. The van der Waals surface area contributed by atoms with Crippen molar-refractivity contribution in [3.8, 4) is 6.07 Å². The molecule has 10 heavy (non-hydrogen) atoms. The number of ether oxygens (including phenoxy) is 1. The lowest BCUT2D eigenvalue weighted by atomic mass is 10.0. The molecule has 0 aliphatic carbocycles. The molecule has 1 saturated heterocycles. The van der Waals surface area contributed by atoms with Crippen molar-refractivity contribution in [2.24, 2.45) is 5.92 Å². The molecule has 56 valence electrons. The van der Waals surface area contributed by atoms with Crippen LogP contribution in [0.1, 0.15) is 6.92 Å². The van der Waals surface area contributed by atoms with Gasteiger partial charge in [0, 0.05) is 19.7 Å². The Morgan fingerprint density at radius 3 is 2.90 bits per heavy atom. The van der Waals surface area contributed by atoms with Crippen LogP contribution in [0.25, 0.3) is 0 Å². The zero-order valence-corrected chi connectivity index (χ0v) is 6.21. The Morgan fingerprint density at radius 1 is 1.70 bits per heavy atom. The van der Waals surface area contributed by atoms with Crippen molar-refractivity contribution >= 4 is 0 Å². The maximum Gasteiger partial charge on any atom is 0.0990 e. The first-order chi connectivity index (χ1) is 4.86. The lowest BCUT2D eigenvalue weighted by Crippen LogP contribution is -2.46. The molecular formula is C7H12N2O. The molecule has 0 aromatic heterocycles. The molecule has 0 spiro atoms. The van der Waals surface area contributed by atoms with E-state index in [9.17, 15) is 0 Å². The Hall–Kier alpha value is -0.590. The van der Waals surface area contributed by atoms with Gasteiger partial charge in [-0.05, 0) is 6.92 Å². The van der Waals surface area contributed by atoms with Gasteiger partial charge in [0.15, 0.2) is 0 Å². The molecule has 0 bridgehead atoms. The molecule has 0 aromatic rings. The molecule has 0 atom stereocenters. The molecule has 1 aliphatic rings. The Bertz CT molecular complexity index is 135. The molecule has 1 heterocycles. The fourth-order valence-corrected chi connectivity index (χ4v) is 0.977. The summed E-state index contributed by atoms with van der Waals surface area (Å²) in [5.41, 5.74) is 0. The molecule has 0 aromatic carbocycles. The second-order valence-electron chi connectivity index (χ2n) is 2.48. The second kappa shape index (κ2) is 3.55. The van der Waals surface area contributed by atoms with Gasteiger partial charge in [0.25, 0.3) is 0 Å². The van der Waals surface area contributed by atoms with Crippen molar-refractivity contribution in [3.05, 3.63) is 0 Å². The Balaban J connectivity index is 1.99. The standard InChI is InChI=1S/C7H12N2O/c1-2-10-6-9-4-7(3-8)5-9/h7H,2,4-6H2,1H3. The van der Waals surface area contributed by atoms with E-state index in [1.54, 1.807) is 0 Å².